The SMILES string of the molecule is CCOC(=O)CCCc1[nH]c2ccccc2c1C(=O)c1ccc(O)cc1. The normalized spacial score (nSPS) is 10.8. The Bertz CT molecular complexity index is 925. The summed E-state index contributed by atoms with van der Waals surface area (Å²) in [6.45, 7) is 2.15. The standard InChI is InChI=1S/C21H21NO4/c1-2-26-19(24)9-5-8-18-20(16-6-3-4-7-17(16)22-18)21(25)14-10-12-15(23)13-11-14/h3-4,6-7,10-13,22-23H,2,5,8-9H2,1H3. The molecule has 5 nitrogen and oxygen atoms in total. The number of fused-ring (bicyclic) bond motifs is 1. The molecule has 0 aliphatic heterocycles. The fraction of sp³-hybridized carbons (Fsp3) is 0.238. The summed E-state index contributed by atoms with van der Waals surface area (Å²) in [4.78, 5) is 27.9. The number of hydrogen-bond acceptors (Lipinski definition) is 4. The molecule has 5 heteroatoms. The Balaban J connectivity index is 1.90. The first-order valence-electron chi connectivity index (χ1n) is 8.69. The topological polar surface area (TPSA) is 79.4 Å². The molecule has 1 aromatic heterocycles. The minimum absolute atomic E-state index is 0.103. The number of ketones is 1. The molecule has 134 valence electrons. The van der Waals surface area contributed by atoms with Crippen molar-refractivity contribution in [2.75, 3.05) is 6.61 Å². The quantitative estimate of drug-likeness (QED) is 0.498. The van der Waals surface area contributed by atoms with Crippen molar-refractivity contribution in [3.63, 3.8) is 0 Å². The van der Waals surface area contributed by atoms with Crippen LogP contribution in [0.3, 0.4) is 0 Å². The maximum atomic E-state index is 13.1. The number of phenolic OH excluding ortho intramolecular Hbond substituents is 1. The number of carbonyl (C=O) groups excluding carboxylic acids is 2. The molecular weight excluding hydrogens is 330 g/mol. The fourth-order valence-electron chi connectivity index (χ4n) is 3.04. The molecule has 0 spiro atoms. The van der Waals surface area contributed by atoms with E-state index in [1.165, 1.54) is 12.1 Å². The number of benzene rings is 2. The van der Waals surface area contributed by atoms with Crippen LogP contribution >= 0.6 is 0 Å². The van der Waals surface area contributed by atoms with Gasteiger partial charge in [-0.05, 0) is 50.1 Å². The van der Waals surface area contributed by atoms with Gasteiger partial charge in [0.1, 0.15) is 5.75 Å². The third kappa shape index (κ3) is 3.77. The van der Waals surface area contributed by atoms with Crippen molar-refractivity contribution >= 4 is 22.7 Å². The van der Waals surface area contributed by atoms with Gasteiger partial charge in [0.15, 0.2) is 5.78 Å². The number of aromatic nitrogens is 1. The first kappa shape index (κ1) is 17.7. The maximum Gasteiger partial charge on any atom is 0.305 e. The van der Waals surface area contributed by atoms with Crippen LogP contribution in [0.2, 0.25) is 0 Å². The summed E-state index contributed by atoms with van der Waals surface area (Å²) in [5.41, 5.74) is 2.84. The second-order valence-corrected chi connectivity index (χ2v) is 6.06. The number of H-pyrrole nitrogens is 1. The molecule has 0 bridgehead atoms. The van der Waals surface area contributed by atoms with Gasteiger partial charge < -0.3 is 14.8 Å². The molecule has 0 atom stereocenters. The molecule has 0 amide bonds. The molecule has 1 heterocycles. The minimum Gasteiger partial charge on any atom is -0.508 e. The molecular formula is C21H21NO4. The molecule has 0 aliphatic rings. The van der Waals surface area contributed by atoms with Crippen molar-refractivity contribution in [1.29, 1.82) is 0 Å². The van der Waals surface area contributed by atoms with Crippen molar-refractivity contribution in [3.8, 4) is 5.75 Å². The monoisotopic (exact) mass is 351 g/mol. The number of phenols is 1. The molecule has 3 rings (SSSR count). The number of carbonyl (C=O) groups is 2. The average molecular weight is 351 g/mol. The van der Waals surface area contributed by atoms with Crippen LogP contribution in [-0.2, 0) is 16.0 Å². The highest BCUT2D eigenvalue weighted by Crippen LogP contribution is 2.27. The van der Waals surface area contributed by atoms with Crippen LogP contribution < -0.4 is 0 Å². The van der Waals surface area contributed by atoms with Crippen molar-refractivity contribution in [2.24, 2.45) is 0 Å². The van der Waals surface area contributed by atoms with E-state index in [0.29, 0.717) is 37.0 Å². The molecule has 3 aromatic rings. The van der Waals surface area contributed by atoms with E-state index in [2.05, 4.69) is 4.98 Å². The van der Waals surface area contributed by atoms with Crippen molar-refractivity contribution in [2.45, 2.75) is 26.2 Å². The Labute approximate surface area is 151 Å². The molecule has 2 N–H and O–H groups in total. The summed E-state index contributed by atoms with van der Waals surface area (Å²) < 4.78 is 4.96. The third-order valence-electron chi connectivity index (χ3n) is 4.25. The number of nitrogens with one attached hydrogen (secondary N) is 1. The Kier molecular flexibility index (Phi) is 5.37. The number of rotatable bonds is 7. The van der Waals surface area contributed by atoms with Gasteiger partial charge in [-0.3, -0.25) is 9.59 Å². The number of aryl methyl sites for hydroxylation is 1. The van der Waals surface area contributed by atoms with Crippen LogP contribution in [-0.4, -0.2) is 28.4 Å². The Hall–Kier alpha value is -3.08. The second-order valence-electron chi connectivity index (χ2n) is 6.06. The fourth-order valence-corrected chi connectivity index (χ4v) is 3.04. The largest absolute Gasteiger partial charge is 0.508 e. The van der Waals surface area contributed by atoms with E-state index in [1.54, 1.807) is 19.1 Å². The van der Waals surface area contributed by atoms with Crippen LogP contribution in [0.25, 0.3) is 10.9 Å². The van der Waals surface area contributed by atoms with Gasteiger partial charge in [0.25, 0.3) is 0 Å². The summed E-state index contributed by atoms with van der Waals surface area (Å²) >= 11 is 0. The van der Waals surface area contributed by atoms with Crippen LogP contribution in [0, 0.1) is 0 Å². The number of aromatic amines is 1. The van der Waals surface area contributed by atoms with Crippen LogP contribution in [0.4, 0.5) is 0 Å². The summed E-state index contributed by atoms with van der Waals surface area (Å²) in [7, 11) is 0. The summed E-state index contributed by atoms with van der Waals surface area (Å²) in [5.74, 6) is -0.209. The molecule has 0 saturated heterocycles. The van der Waals surface area contributed by atoms with E-state index < -0.39 is 0 Å². The number of esters is 1. The molecule has 0 unspecified atom stereocenters. The first-order chi connectivity index (χ1) is 12.6. The summed E-state index contributed by atoms with van der Waals surface area (Å²) in [6, 6.07) is 13.9. The van der Waals surface area contributed by atoms with Gasteiger partial charge in [-0.15, -0.1) is 0 Å². The zero-order valence-electron chi connectivity index (χ0n) is 14.6. The highest BCUT2D eigenvalue weighted by Gasteiger charge is 2.19. The number of para-hydroxylation sites is 1. The summed E-state index contributed by atoms with van der Waals surface area (Å²) in [5, 5.41) is 10.3. The second kappa shape index (κ2) is 7.87. The Morgan fingerprint density at radius 2 is 1.81 bits per heavy atom. The van der Waals surface area contributed by atoms with E-state index in [1.807, 2.05) is 24.3 Å². The Morgan fingerprint density at radius 3 is 2.54 bits per heavy atom. The lowest BCUT2D eigenvalue weighted by atomic mass is 9.98. The van der Waals surface area contributed by atoms with Gasteiger partial charge in [-0.2, -0.15) is 0 Å². The van der Waals surface area contributed by atoms with Gasteiger partial charge >= 0.3 is 5.97 Å². The lowest BCUT2D eigenvalue weighted by Crippen LogP contribution is -2.07. The molecule has 0 aliphatic carbocycles. The van der Waals surface area contributed by atoms with Gasteiger partial charge in [-0.25, -0.2) is 0 Å². The van der Waals surface area contributed by atoms with Crippen LogP contribution in [0.15, 0.2) is 48.5 Å². The predicted octanol–water partition coefficient (Wildman–Crippen LogP) is 3.99. The van der Waals surface area contributed by atoms with Crippen LogP contribution in [0.1, 0.15) is 41.4 Å². The zero-order chi connectivity index (χ0) is 18.5. The highest BCUT2D eigenvalue weighted by molar-refractivity contribution is 6.17. The van der Waals surface area contributed by atoms with Crippen molar-refractivity contribution in [3.05, 3.63) is 65.4 Å². The molecule has 0 saturated carbocycles. The smallest absolute Gasteiger partial charge is 0.305 e. The van der Waals surface area contributed by atoms with E-state index >= 15 is 0 Å². The predicted molar refractivity (Wildman–Crippen MR) is 99.4 cm³/mol. The van der Waals surface area contributed by atoms with Gasteiger partial charge in [0.05, 0.1) is 12.2 Å². The lowest BCUT2D eigenvalue weighted by molar-refractivity contribution is -0.143. The minimum atomic E-state index is -0.227. The molecule has 0 radical (unpaired) electrons. The summed E-state index contributed by atoms with van der Waals surface area (Å²) in [6.07, 6.45) is 1.49. The molecule has 2 aromatic carbocycles. The van der Waals surface area contributed by atoms with E-state index in [0.717, 1.165) is 16.6 Å². The number of hydrogen-bond donors (Lipinski definition) is 2. The van der Waals surface area contributed by atoms with Crippen molar-refractivity contribution < 1.29 is 19.4 Å². The highest BCUT2D eigenvalue weighted by atomic mass is 16.5. The van der Waals surface area contributed by atoms with E-state index in [4.69, 9.17) is 4.74 Å². The van der Waals surface area contributed by atoms with Crippen molar-refractivity contribution in [1.82, 2.24) is 4.98 Å². The Morgan fingerprint density at radius 1 is 1.08 bits per heavy atom. The van der Waals surface area contributed by atoms with Gasteiger partial charge in [-0.1, -0.05) is 18.2 Å². The third-order valence-corrected chi connectivity index (χ3v) is 4.25. The number of ether oxygens (including phenoxy) is 1. The molecule has 26 heavy (non-hydrogen) atoms. The molecule has 0 fully saturated rings. The lowest BCUT2D eigenvalue weighted by Gasteiger charge is -2.05. The first-order valence-corrected chi connectivity index (χ1v) is 8.69. The van der Waals surface area contributed by atoms with E-state index in [-0.39, 0.29) is 17.5 Å². The van der Waals surface area contributed by atoms with Crippen LogP contribution in [0.5, 0.6) is 5.75 Å². The van der Waals surface area contributed by atoms with Gasteiger partial charge in [0, 0.05) is 28.6 Å². The average Bonchev–Trinajstić information content (AvgIpc) is 3.00. The zero-order valence-corrected chi connectivity index (χ0v) is 14.6. The number of aromatic hydroxyl groups is 1. The van der Waals surface area contributed by atoms with Gasteiger partial charge in [0.2, 0.25) is 0 Å². The maximum absolute atomic E-state index is 13.1. The van der Waals surface area contributed by atoms with E-state index in [9.17, 15) is 14.7 Å².